The number of amides is 1. The highest BCUT2D eigenvalue weighted by Gasteiger charge is 2.30. The van der Waals surface area contributed by atoms with Crippen molar-refractivity contribution in [2.75, 3.05) is 12.8 Å². The van der Waals surface area contributed by atoms with Crippen molar-refractivity contribution < 1.29 is 23.1 Å². The monoisotopic (exact) mass is 265 g/mol. The largest absolute Gasteiger partial charge is 0.481 e. The number of carboxylic acids is 1. The topological polar surface area (TPSA) is 101 Å². The van der Waals surface area contributed by atoms with Gasteiger partial charge < -0.3 is 10.4 Å². The molecule has 1 amide bonds. The molecule has 0 aromatic carbocycles. The van der Waals surface area contributed by atoms with Crippen LogP contribution in [0.1, 0.15) is 33.1 Å². The summed E-state index contributed by atoms with van der Waals surface area (Å²) >= 11 is 0. The summed E-state index contributed by atoms with van der Waals surface area (Å²) in [6.45, 7) is 3.08. The predicted molar refractivity (Wildman–Crippen MR) is 63.4 cm³/mol. The average molecular weight is 265 g/mol. The van der Waals surface area contributed by atoms with E-state index in [1.165, 1.54) is 13.8 Å². The standard InChI is InChI=1S/C10H19NO5S/c1-10(2,17(3,15)16)7-11-8(12)5-4-6-9(13)14/h4-7H2,1-3H3,(H,11,12)(H,13,14). The van der Waals surface area contributed by atoms with Crippen LogP contribution in [-0.4, -0.2) is 42.9 Å². The van der Waals surface area contributed by atoms with Crippen molar-refractivity contribution in [2.24, 2.45) is 0 Å². The van der Waals surface area contributed by atoms with Gasteiger partial charge in [-0.25, -0.2) is 8.42 Å². The number of nitrogens with one attached hydrogen (secondary N) is 1. The second-order valence-electron chi connectivity index (χ2n) is 4.56. The van der Waals surface area contributed by atoms with Crippen molar-refractivity contribution in [1.82, 2.24) is 5.32 Å². The van der Waals surface area contributed by atoms with Crippen molar-refractivity contribution in [3.8, 4) is 0 Å². The molecule has 0 rings (SSSR count). The van der Waals surface area contributed by atoms with E-state index in [4.69, 9.17) is 5.11 Å². The Labute approximate surface area is 101 Å². The Balaban J connectivity index is 4.05. The van der Waals surface area contributed by atoms with Gasteiger partial charge in [0.1, 0.15) is 0 Å². The Morgan fingerprint density at radius 2 is 1.76 bits per heavy atom. The maximum absolute atomic E-state index is 11.3. The Bertz CT molecular complexity index is 386. The first-order valence-electron chi connectivity index (χ1n) is 5.24. The number of carbonyl (C=O) groups is 2. The fraction of sp³-hybridized carbons (Fsp3) is 0.800. The summed E-state index contributed by atoms with van der Waals surface area (Å²) in [5, 5.41) is 10.9. The van der Waals surface area contributed by atoms with E-state index in [9.17, 15) is 18.0 Å². The second kappa shape index (κ2) is 6.00. The van der Waals surface area contributed by atoms with Crippen molar-refractivity contribution in [2.45, 2.75) is 37.9 Å². The SMILES string of the molecule is CC(C)(CNC(=O)CCCC(=O)O)S(C)(=O)=O. The van der Waals surface area contributed by atoms with Gasteiger partial charge in [0.05, 0.1) is 4.75 Å². The second-order valence-corrected chi connectivity index (χ2v) is 7.21. The molecule has 0 aliphatic carbocycles. The van der Waals surface area contributed by atoms with Crippen LogP contribution in [0.15, 0.2) is 0 Å². The van der Waals surface area contributed by atoms with E-state index in [0.29, 0.717) is 0 Å². The summed E-state index contributed by atoms with van der Waals surface area (Å²) < 4.78 is 21.7. The maximum Gasteiger partial charge on any atom is 0.303 e. The first-order valence-corrected chi connectivity index (χ1v) is 7.13. The van der Waals surface area contributed by atoms with Crippen LogP contribution in [0.25, 0.3) is 0 Å². The van der Waals surface area contributed by atoms with Crippen LogP contribution < -0.4 is 5.32 Å². The van der Waals surface area contributed by atoms with Gasteiger partial charge in [-0.3, -0.25) is 9.59 Å². The van der Waals surface area contributed by atoms with E-state index in [-0.39, 0.29) is 31.7 Å². The summed E-state index contributed by atoms with van der Waals surface area (Å²) in [5.74, 6) is -1.28. The van der Waals surface area contributed by atoms with Gasteiger partial charge in [-0.2, -0.15) is 0 Å². The normalized spacial score (nSPS) is 12.2. The molecule has 0 saturated heterocycles. The van der Waals surface area contributed by atoms with Crippen LogP contribution in [-0.2, 0) is 19.4 Å². The quantitative estimate of drug-likeness (QED) is 0.684. The molecule has 0 unspecified atom stereocenters. The third-order valence-electron chi connectivity index (χ3n) is 2.51. The molecule has 7 heteroatoms. The molecule has 17 heavy (non-hydrogen) atoms. The zero-order chi connectivity index (χ0) is 13.7. The predicted octanol–water partition coefficient (Wildman–Crippen LogP) is 0.181. The molecular weight excluding hydrogens is 246 g/mol. The lowest BCUT2D eigenvalue weighted by Gasteiger charge is -2.22. The van der Waals surface area contributed by atoms with Crippen LogP contribution in [0.4, 0.5) is 0 Å². The van der Waals surface area contributed by atoms with Gasteiger partial charge in [-0.05, 0) is 20.3 Å². The summed E-state index contributed by atoms with van der Waals surface area (Å²) in [4.78, 5) is 21.5. The number of hydrogen-bond donors (Lipinski definition) is 2. The van der Waals surface area contributed by atoms with Gasteiger partial charge in [-0.1, -0.05) is 0 Å². The van der Waals surface area contributed by atoms with E-state index < -0.39 is 20.6 Å². The first-order chi connectivity index (χ1) is 7.56. The molecule has 6 nitrogen and oxygen atoms in total. The van der Waals surface area contributed by atoms with Gasteiger partial charge in [0.2, 0.25) is 5.91 Å². The van der Waals surface area contributed by atoms with Crippen LogP contribution in [0.2, 0.25) is 0 Å². The van der Waals surface area contributed by atoms with E-state index in [1.807, 2.05) is 0 Å². The Morgan fingerprint density at radius 3 is 2.18 bits per heavy atom. The highest BCUT2D eigenvalue weighted by Crippen LogP contribution is 2.13. The lowest BCUT2D eigenvalue weighted by molar-refractivity contribution is -0.137. The molecule has 0 heterocycles. The summed E-state index contributed by atoms with van der Waals surface area (Å²) in [6.07, 6.45) is 1.39. The van der Waals surface area contributed by atoms with Gasteiger partial charge in [0.15, 0.2) is 9.84 Å². The highest BCUT2D eigenvalue weighted by molar-refractivity contribution is 7.92. The fourth-order valence-corrected chi connectivity index (χ4v) is 1.27. The zero-order valence-electron chi connectivity index (χ0n) is 10.3. The molecule has 0 radical (unpaired) electrons. The lowest BCUT2D eigenvalue weighted by Crippen LogP contribution is -2.43. The maximum atomic E-state index is 11.3. The van der Waals surface area contributed by atoms with E-state index in [2.05, 4.69) is 5.32 Å². The molecule has 2 N–H and O–H groups in total. The molecule has 100 valence electrons. The summed E-state index contributed by atoms with van der Waals surface area (Å²) in [5.41, 5.74) is 0. The van der Waals surface area contributed by atoms with Gasteiger partial charge >= 0.3 is 5.97 Å². The Morgan fingerprint density at radius 1 is 1.24 bits per heavy atom. The van der Waals surface area contributed by atoms with Crippen LogP contribution in [0, 0.1) is 0 Å². The molecule has 0 aromatic heterocycles. The number of aliphatic carboxylic acids is 1. The Hall–Kier alpha value is -1.11. The molecule has 0 saturated carbocycles. The summed E-state index contributed by atoms with van der Waals surface area (Å²) in [7, 11) is -3.24. The zero-order valence-corrected chi connectivity index (χ0v) is 11.1. The fourth-order valence-electron chi connectivity index (χ4n) is 0.931. The molecule has 0 spiro atoms. The molecule has 0 aliphatic rings. The molecular formula is C10H19NO5S. The van der Waals surface area contributed by atoms with Crippen molar-refractivity contribution >= 4 is 21.7 Å². The number of sulfone groups is 1. The van der Waals surface area contributed by atoms with Gasteiger partial charge in [-0.15, -0.1) is 0 Å². The number of hydrogen-bond acceptors (Lipinski definition) is 4. The van der Waals surface area contributed by atoms with Crippen molar-refractivity contribution in [3.63, 3.8) is 0 Å². The first kappa shape index (κ1) is 15.9. The van der Waals surface area contributed by atoms with Crippen molar-refractivity contribution in [3.05, 3.63) is 0 Å². The summed E-state index contributed by atoms with van der Waals surface area (Å²) in [6, 6.07) is 0. The smallest absolute Gasteiger partial charge is 0.303 e. The van der Waals surface area contributed by atoms with Crippen molar-refractivity contribution in [1.29, 1.82) is 0 Å². The molecule has 0 atom stereocenters. The number of carboxylic acid groups (broad SMARTS) is 1. The van der Waals surface area contributed by atoms with Gasteiger partial charge in [0, 0.05) is 25.6 Å². The minimum Gasteiger partial charge on any atom is -0.481 e. The molecule has 0 bridgehead atoms. The van der Waals surface area contributed by atoms with E-state index >= 15 is 0 Å². The molecule has 0 fully saturated rings. The number of rotatable bonds is 7. The Kier molecular flexibility index (Phi) is 5.60. The van der Waals surface area contributed by atoms with E-state index in [0.717, 1.165) is 6.26 Å². The third kappa shape index (κ3) is 6.25. The molecule has 0 aromatic rings. The lowest BCUT2D eigenvalue weighted by atomic mass is 10.2. The van der Waals surface area contributed by atoms with Crippen LogP contribution in [0.3, 0.4) is 0 Å². The minimum atomic E-state index is -3.24. The molecule has 0 aliphatic heterocycles. The third-order valence-corrected chi connectivity index (χ3v) is 4.66. The van der Waals surface area contributed by atoms with Gasteiger partial charge in [0.25, 0.3) is 0 Å². The average Bonchev–Trinajstić information content (AvgIpc) is 2.12. The minimum absolute atomic E-state index is 0.0255. The van der Waals surface area contributed by atoms with Crippen LogP contribution >= 0.6 is 0 Å². The highest BCUT2D eigenvalue weighted by atomic mass is 32.2. The van der Waals surface area contributed by atoms with E-state index in [1.54, 1.807) is 0 Å². The van der Waals surface area contributed by atoms with Crippen LogP contribution in [0.5, 0.6) is 0 Å². The number of carbonyl (C=O) groups excluding carboxylic acids is 1.